The summed E-state index contributed by atoms with van der Waals surface area (Å²) in [6.07, 6.45) is 5.24. The van der Waals surface area contributed by atoms with Gasteiger partial charge < -0.3 is 5.32 Å². The van der Waals surface area contributed by atoms with Crippen molar-refractivity contribution < 1.29 is 14.0 Å². The molecule has 1 aromatic heterocycles. The number of carbonyl (C=O) groups excluding carboxylic acids is 2. The molecular weight excluding hydrogens is 391 g/mol. The van der Waals surface area contributed by atoms with Crippen molar-refractivity contribution in [3.05, 3.63) is 30.1 Å². The Labute approximate surface area is 175 Å². The quantitative estimate of drug-likeness (QED) is 0.512. The molecule has 6 nitrogen and oxygen atoms in total. The number of nitrogens with one attached hydrogen (secondary N) is 2. The van der Waals surface area contributed by atoms with Crippen LogP contribution in [0.2, 0.25) is 0 Å². The molecule has 0 radical (unpaired) electrons. The minimum absolute atomic E-state index is 0.0147. The average molecular weight is 421 g/mol. The third-order valence-corrected chi connectivity index (χ3v) is 5.70. The molecule has 0 saturated heterocycles. The summed E-state index contributed by atoms with van der Waals surface area (Å²) in [5, 5.41) is 14.6. The Bertz CT molecular complexity index is 794. The number of amides is 2. The second-order valence-corrected chi connectivity index (χ2v) is 8.13. The van der Waals surface area contributed by atoms with E-state index in [1.54, 1.807) is 12.1 Å². The monoisotopic (exact) mass is 420 g/mol. The largest absolute Gasteiger partial charge is 0.344 e. The maximum atomic E-state index is 13.1. The van der Waals surface area contributed by atoms with Gasteiger partial charge in [0.25, 0.3) is 0 Å². The lowest BCUT2D eigenvalue weighted by Crippen LogP contribution is -2.47. The first-order valence-corrected chi connectivity index (χ1v) is 11.0. The van der Waals surface area contributed by atoms with Crippen molar-refractivity contribution in [3.8, 4) is 10.6 Å². The van der Waals surface area contributed by atoms with Gasteiger partial charge in [-0.3, -0.25) is 14.9 Å². The first-order valence-electron chi connectivity index (χ1n) is 10.1. The van der Waals surface area contributed by atoms with Gasteiger partial charge in [-0.2, -0.15) is 0 Å². The summed E-state index contributed by atoms with van der Waals surface area (Å²) in [4.78, 5) is 25.0. The van der Waals surface area contributed by atoms with Gasteiger partial charge in [0.05, 0.1) is 0 Å². The van der Waals surface area contributed by atoms with Gasteiger partial charge in [-0.05, 0) is 36.6 Å². The Morgan fingerprint density at radius 2 is 1.83 bits per heavy atom. The standard InChI is InChI=1S/C21H29FN4O2S/c1-4-6-7-8-9-17(27)23-18(14(3)5-2)19(28)24-21-26-25-20(29-21)15-10-12-16(22)13-11-15/h10-14,18H,4-9H2,1-3H3,(H,23,27)(H,24,26,28)/t14-,18-/m0/s1. The molecule has 0 bridgehead atoms. The fourth-order valence-corrected chi connectivity index (χ4v) is 3.58. The number of nitrogens with zero attached hydrogens (tertiary/aromatic N) is 2. The van der Waals surface area contributed by atoms with Gasteiger partial charge in [0, 0.05) is 12.0 Å². The third kappa shape index (κ3) is 7.20. The molecule has 2 aromatic rings. The van der Waals surface area contributed by atoms with Crippen LogP contribution in [-0.4, -0.2) is 28.1 Å². The molecule has 2 amide bonds. The van der Waals surface area contributed by atoms with Crippen molar-refractivity contribution in [2.75, 3.05) is 5.32 Å². The lowest BCUT2D eigenvalue weighted by molar-refractivity contribution is -0.127. The van der Waals surface area contributed by atoms with Gasteiger partial charge in [-0.15, -0.1) is 10.2 Å². The Morgan fingerprint density at radius 1 is 1.10 bits per heavy atom. The van der Waals surface area contributed by atoms with E-state index in [2.05, 4.69) is 27.8 Å². The van der Waals surface area contributed by atoms with Crippen molar-refractivity contribution in [1.29, 1.82) is 0 Å². The molecule has 0 spiro atoms. The number of halogens is 1. The second-order valence-electron chi connectivity index (χ2n) is 7.15. The number of unbranched alkanes of at least 4 members (excludes halogenated alkanes) is 3. The van der Waals surface area contributed by atoms with Crippen molar-refractivity contribution in [2.45, 2.75) is 65.3 Å². The molecule has 1 heterocycles. The van der Waals surface area contributed by atoms with E-state index >= 15 is 0 Å². The van der Waals surface area contributed by atoms with Crippen molar-refractivity contribution in [1.82, 2.24) is 15.5 Å². The van der Waals surface area contributed by atoms with E-state index in [0.717, 1.165) is 37.7 Å². The first-order chi connectivity index (χ1) is 13.9. The van der Waals surface area contributed by atoms with E-state index in [1.807, 2.05) is 13.8 Å². The van der Waals surface area contributed by atoms with Crippen molar-refractivity contribution >= 4 is 28.3 Å². The topological polar surface area (TPSA) is 84.0 Å². The Hall–Kier alpha value is -2.35. The van der Waals surface area contributed by atoms with E-state index in [4.69, 9.17) is 0 Å². The van der Waals surface area contributed by atoms with E-state index in [-0.39, 0.29) is 23.5 Å². The van der Waals surface area contributed by atoms with Crippen LogP contribution in [-0.2, 0) is 9.59 Å². The number of aromatic nitrogens is 2. The summed E-state index contributed by atoms with van der Waals surface area (Å²) < 4.78 is 13.1. The molecule has 2 atom stereocenters. The highest BCUT2D eigenvalue weighted by Gasteiger charge is 2.26. The Kier molecular flexibility index (Phi) is 9.18. The summed E-state index contributed by atoms with van der Waals surface area (Å²) in [7, 11) is 0. The molecule has 0 fully saturated rings. The molecule has 0 unspecified atom stereocenters. The smallest absolute Gasteiger partial charge is 0.249 e. The second kappa shape index (κ2) is 11.6. The van der Waals surface area contributed by atoms with Gasteiger partial charge >= 0.3 is 0 Å². The van der Waals surface area contributed by atoms with Gasteiger partial charge in [-0.25, -0.2) is 4.39 Å². The van der Waals surface area contributed by atoms with Crippen molar-refractivity contribution in [2.24, 2.45) is 5.92 Å². The Morgan fingerprint density at radius 3 is 2.48 bits per heavy atom. The number of hydrogen-bond donors (Lipinski definition) is 2. The van der Waals surface area contributed by atoms with Crippen LogP contribution < -0.4 is 10.6 Å². The number of carbonyl (C=O) groups is 2. The maximum absolute atomic E-state index is 13.1. The van der Waals surface area contributed by atoms with Gasteiger partial charge in [0.15, 0.2) is 0 Å². The third-order valence-electron chi connectivity index (χ3n) is 4.82. The number of anilines is 1. The maximum Gasteiger partial charge on any atom is 0.249 e. The molecule has 0 aliphatic carbocycles. The molecule has 158 valence electrons. The van der Waals surface area contributed by atoms with Crippen LogP contribution >= 0.6 is 11.3 Å². The molecule has 1 aromatic carbocycles. The highest BCUT2D eigenvalue weighted by atomic mass is 32.1. The number of rotatable bonds is 11. The minimum Gasteiger partial charge on any atom is -0.344 e. The van der Waals surface area contributed by atoms with E-state index in [1.165, 1.54) is 23.5 Å². The van der Waals surface area contributed by atoms with Crippen LogP contribution in [0.3, 0.4) is 0 Å². The zero-order valence-electron chi connectivity index (χ0n) is 17.2. The predicted octanol–water partition coefficient (Wildman–Crippen LogP) is 4.78. The first kappa shape index (κ1) is 22.9. The van der Waals surface area contributed by atoms with E-state index in [0.29, 0.717) is 16.6 Å². The van der Waals surface area contributed by atoms with Crippen LogP contribution in [0.25, 0.3) is 10.6 Å². The zero-order valence-corrected chi connectivity index (χ0v) is 18.0. The highest BCUT2D eigenvalue weighted by molar-refractivity contribution is 7.18. The van der Waals surface area contributed by atoms with Gasteiger partial charge in [0.1, 0.15) is 16.9 Å². The van der Waals surface area contributed by atoms with Crippen LogP contribution in [0, 0.1) is 11.7 Å². The minimum atomic E-state index is -0.628. The fraction of sp³-hybridized carbons (Fsp3) is 0.524. The molecule has 2 N–H and O–H groups in total. The van der Waals surface area contributed by atoms with Crippen molar-refractivity contribution in [3.63, 3.8) is 0 Å². The molecule has 29 heavy (non-hydrogen) atoms. The van der Waals surface area contributed by atoms with E-state index in [9.17, 15) is 14.0 Å². The average Bonchev–Trinajstić information content (AvgIpc) is 3.17. The summed E-state index contributed by atoms with van der Waals surface area (Å²) in [6, 6.07) is 5.30. The Balaban J connectivity index is 1.99. The van der Waals surface area contributed by atoms with Crippen LogP contribution in [0.4, 0.5) is 9.52 Å². The van der Waals surface area contributed by atoms with Gasteiger partial charge in [-0.1, -0.05) is 57.8 Å². The molecular formula is C21H29FN4O2S. The molecule has 0 aliphatic heterocycles. The highest BCUT2D eigenvalue weighted by Crippen LogP contribution is 2.26. The van der Waals surface area contributed by atoms with Crippen LogP contribution in [0.15, 0.2) is 24.3 Å². The normalized spacial score (nSPS) is 13.0. The fourth-order valence-electron chi connectivity index (χ4n) is 2.83. The SMILES string of the molecule is CCCCCCC(=O)N[C@H](C(=O)Nc1nnc(-c2ccc(F)cc2)s1)[C@@H](C)CC. The molecule has 8 heteroatoms. The summed E-state index contributed by atoms with van der Waals surface area (Å²) in [6.45, 7) is 6.04. The zero-order chi connectivity index (χ0) is 21.2. The van der Waals surface area contributed by atoms with Gasteiger partial charge in [0.2, 0.25) is 16.9 Å². The lowest BCUT2D eigenvalue weighted by atomic mass is 9.98. The number of hydrogen-bond acceptors (Lipinski definition) is 5. The van der Waals surface area contributed by atoms with Crippen LogP contribution in [0.5, 0.6) is 0 Å². The molecule has 2 rings (SSSR count). The van der Waals surface area contributed by atoms with Crippen LogP contribution in [0.1, 0.15) is 59.3 Å². The number of benzene rings is 1. The molecule has 0 aliphatic rings. The summed E-state index contributed by atoms with van der Waals surface area (Å²) >= 11 is 1.21. The molecule has 0 saturated carbocycles. The lowest BCUT2D eigenvalue weighted by Gasteiger charge is -2.23. The summed E-state index contributed by atoms with van der Waals surface area (Å²) in [5.74, 6) is -0.749. The summed E-state index contributed by atoms with van der Waals surface area (Å²) in [5.41, 5.74) is 0.725. The van der Waals surface area contributed by atoms with E-state index < -0.39 is 6.04 Å². The predicted molar refractivity (Wildman–Crippen MR) is 114 cm³/mol.